The summed E-state index contributed by atoms with van der Waals surface area (Å²) in [5.41, 5.74) is 3.42. The molecule has 138 valence electrons. The molecule has 4 nitrogen and oxygen atoms in total. The van der Waals surface area contributed by atoms with E-state index in [4.69, 9.17) is 9.47 Å². The molecule has 0 aliphatic rings. The largest absolute Gasteiger partial charge is 0.497 e. The second-order valence-corrected chi connectivity index (χ2v) is 5.90. The average Bonchev–Trinajstić information content (AvgIpc) is 2.70. The summed E-state index contributed by atoms with van der Waals surface area (Å²) in [4.78, 5) is 11.2. The summed E-state index contributed by atoms with van der Waals surface area (Å²) in [6.45, 7) is 0. The molecule has 2 aromatic carbocycles. The molecule has 0 N–H and O–H groups in total. The van der Waals surface area contributed by atoms with Gasteiger partial charge in [0.25, 0.3) is 0 Å². The molecule has 4 heteroatoms. The molecule has 0 spiro atoms. The number of hydrogen-bond acceptors (Lipinski definition) is 4. The van der Waals surface area contributed by atoms with Crippen LogP contribution in [-0.4, -0.2) is 27.3 Å². The molecule has 0 fully saturated rings. The maximum absolute atomic E-state index is 11.2. The van der Waals surface area contributed by atoms with Gasteiger partial charge in [-0.2, -0.15) is 0 Å². The highest BCUT2D eigenvalue weighted by molar-refractivity contribution is 5.80. The Morgan fingerprint density at radius 1 is 0.808 bits per heavy atom. The van der Waals surface area contributed by atoms with Crippen molar-refractivity contribution in [3.63, 3.8) is 0 Å². The standard InChI is InChI=1S/C22H26O4/c1-24-19-13-9-17(10-14-19)21(7-5-4-6-8-22(23)26-3)18-11-15-20(25-2)16-12-18/h7,9-16H,4-6,8H2,1-3H3. The van der Waals surface area contributed by atoms with Gasteiger partial charge in [-0.1, -0.05) is 30.3 Å². The molecular weight excluding hydrogens is 328 g/mol. The first-order chi connectivity index (χ1) is 12.7. The number of benzene rings is 2. The van der Waals surface area contributed by atoms with Gasteiger partial charge in [-0.3, -0.25) is 4.79 Å². The Morgan fingerprint density at radius 2 is 1.31 bits per heavy atom. The fourth-order valence-corrected chi connectivity index (χ4v) is 2.71. The molecule has 2 rings (SSSR count). The van der Waals surface area contributed by atoms with Crippen molar-refractivity contribution in [1.82, 2.24) is 0 Å². The van der Waals surface area contributed by atoms with Gasteiger partial charge >= 0.3 is 5.97 Å². The van der Waals surface area contributed by atoms with Crippen LogP contribution in [0.5, 0.6) is 11.5 Å². The van der Waals surface area contributed by atoms with Crippen LogP contribution in [0, 0.1) is 0 Å². The number of unbranched alkanes of at least 4 members (excludes halogenated alkanes) is 2. The Bertz CT molecular complexity index is 665. The predicted molar refractivity (Wildman–Crippen MR) is 104 cm³/mol. The Morgan fingerprint density at radius 3 is 1.73 bits per heavy atom. The monoisotopic (exact) mass is 354 g/mol. The van der Waals surface area contributed by atoms with Crippen molar-refractivity contribution in [2.75, 3.05) is 21.3 Å². The maximum atomic E-state index is 11.2. The van der Waals surface area contributed by atoms with Crippen molar-refractivity contribution in [3.8, 4) is 11.5 Å². The molecule has 0 unspecified atom stereocenters. The number of hydrogen-bond donors (Lipinski definition) is 0. The van der Waals surface area contributed by atoms with E-state index in [9.17, 15) is 4.79 Å². The number of carbonyl (C=O) groups is 1. The Kier molecular flexibility index (Phi) is 7.75. The van der Waals surface area contributed by atoms with Crippen molar-refractivity contribution in [2.24, 2.45) is 0 Å². The zero-order chi connectivity index (χ0) is 18.8. The topological polar surface area (TPSA) is 44.8 Å². The van der Waals surface area contributed by atoms with Crippen LogP contribution in [0.15, 0.2) is 54.6 Å². The van der Waals surface area contributed by atoms with Gasteiger partial charge in [-0.15, -0.1) is 0 Å². The summed E-state index contributed by atoms with van der Waals surface area (Å²) in [6.07, 6.45) is 5.34. The number of methoxy groups -OCH3 is 3. The van der Waals surface area contributed by atoms with Gasteiger partial charge < -0.3 is 14.2 Å². The molecule has 0 atom stereocenters. The van der Waals surface area contributed by atoms with Crippen molar-refractivity contribution in [1.29, 1.82) is 0 Å². The molecule has 26 heavy (non-hydrogen) atoms. The summed E-state index contributed by atoms with van der Waals surface area (Å²) in [5.74, 6) is 1.52. The molecule has 0 bridgehead atoms. The van der Waals surface area contributed by atoms with Gasteiger partial charge in [0.2, 0.25) is 0 Å². The third-order valence-electron chi connectivity index (χ3n) is 4.21. The van der Waals surface area contributed by atoms with E-state index in [1.807, 2.05) is 24.3 Å². The van der Waals surface area contributed by atoms with E-state index >= 15 is 0 Å². The Labute approximate surface area is 155 Å². The van der Waals surface area contributed by atoms with E-state index in [2.05, 4.69) is 35.1 Å². The van der Waals surface area contributed by atoms with Gasteiger partial charge in [0.15, 0.2) is 0 Å². The molecule has 0 aromatic heterocycles. The minimum absolute atomic E-state index is 0.153. The molecule has 0 radical (unpaired) electrons. The van der Waals surface area contributed by atoms with E-state index in [1.165, 1.54) is 7.11 Å². The number of carbonyl (C=O) groups excluding carboxylic acids is 1. The minimum atomic E-state index is -0.153. The van der Waals surface area contributed by atoms with Crippen molar-refractivity contribution >= 4 is 11.5 Å². The third-order valence-corrected chi connectivity index (χ3v) is 4.21. The minimum Gasteiger partial charge on any atom is -0.497 e. The summed E-state index contributed by atoms with van der Waals surface area (Å²) in [7, 11) is 4.75. The summed E-state index contributed by atoms with van der Waals surface area (Å²) >= 11 is 0. The van der Waals surface area contributed by atoms with Crippen LogP contribution in [0.1, 0.15) is 36.8 Å². The molecule has 0 amide bonds. The SMILES string of the molecule is COC(=O)CCCCC=C(c1ccc(OC)cc1)c1ccc(OC)cc1. The van der Waals surface area contributed by atoms with E-state index in [1.54, 1.807) is 14.2 Å². The molecule has 0 saturated heterocycles. The number of esters is 1. The van der Waals surface area contributed by atoms with Crippen LogP contribution in [0.25, 0.3) is 5.57 Å². The number of ether oxygens (including phenoxy) is 3. The zero-order valence-corrected chi connectivity index (χ0v) is 15.7. The van der Waals surface area contributed by atoms with Gasteiger partial charge in [0.05, 0.1) is 21.3 Å². The van der Waals surface area contributed by atoms with Crippen molar-refractivity contribution in [2.45, 2.75) is 25.7 Å². The lowest BCUT2D eigenvalue weighted by Gasteiger charge is -2.11. The van der Waals surface area contributed by atoms with Crippen LogP contribution in [0.2, 0.25) is 0 Å². The highest BCUT2D eigenvalue weighted by Gasteiger charge is 2.06. The summed E-state index contributed by atoms with van der Waals surface area (Å²) < 4.78 is 15.2. The lowest BCUT2D eigenvalue weighted by molar-refractivity contribution is -0.140. The van der Waals surface area contributed by atoms with Crippen LogP contribution < -0.4 is 9.47 Å². The van der Waals surface area contributed by atoms with Crippen LogP contribution in [-0.2, 0) is 9.53 Å². The lowest BCUT2D eigenvalue weighted by Crippen LogP contribution is -1.99. The van der Waals surface area contributed by atoms with Crippen LogP contribution >= 0.6 is 0 Å². The average molecular weight is 354 g/mol. The van der Waals surface area contributed by atoms with Gasteiger partial charge in [-0.05, 0) is 60.2 Å². The fourth-order valence-electron chi connectivity index (χ4n) is 2.71. The Hall–Kier alpha value is -2.75. The first-order valence-electron chi connectivity index (χ1n) is 8.73. The van der Waals surface area contributed by atoms with Gasteiger partial charge in [0.1, 0.15) is 11.5 Å². The quantitative estimate of drug-likeness (QED) is 0.476. The lowest BCUT2D eigenvalue weighted by atomic mass is 9.96. The third kappa shape index (κ3) is 5.66. The van der Waals surface area contributed by atoms with Crippen LogP contribution in [0.4, 0.5) is 0 Å². The smallest absolute Gasteiger partial charge is 0.305 e. The maximum Gasteiger partial charge on any atom is 0.305 e. The first kappa shape index (κ1) is 19.6. The van der Waals surface area contributed by atoms with E-state index in [0.29, 0.717) is 6.42 Å². The van der Waals surface area contributed by atoms with Crippen LogP contribution in [0.3, 0.4) is 0 Å². The van der Waals surface area contributed by atoms with Gasteiger partial charge in [-0.25, -0.2) is 0 Å². The number of allylic oxidation sites excluding steroid dienone is 1. The van der Waals surface area contributed by atoms with E-state index in [-0.39, 0.29) is 5.97 Å². The van der Waals surface area contributed by atoms with Crippen molar-refractivity contribution in [3.05, 3.63) is 65.7 Å². The summed E-state index contributed by atoms with van der Waals surface area (Å²) in [6, 6.07) is 16.1. The summed E-state index contributed by atoms with van der Waals surface area (Å²) in [5, 5.41) is 0. The normalized spacial score (nSPS) is 10.1. The molecular formula is C22H26O4. The van der Waals surface area contributed by atoms with E-state index in [0.717, 1.165) is 47.5 Å². The first-order valence-corrected chi connectivity index (χ1v) is 8.73. The zero-order valence-electron chi connectivity index (χ0n) is 15.7. The van der Waals surface area contributed by atoms with Crippen molar-refractivity contribution < 1.29 is 19.0 Å². The highest BCUT2D eigenvalue weighted by Crippen LogP contribution is 2.27. The molecule has 0 heterocycles. The van der Waals surface area contributed by atoms with E-state index < -0.39 is 0 Å². The Balaban J connectivity index is 2.16. The second kappa shape index (κ2) is 10.3. The van der Waals surface area contributed by atoms with Gasteiger partial charge in [0, 0.05) is 6.42 Å². The second-order valence-electron chi connectivity index (χ2n) is 5.90. The fraction of sp³-hybridized carbons (Fsp3) is 0.318. The molecule has 0 aliphatic carbocycles. The highest BCUT2D eigenvalue weighted by atomic mass is 16.5. The molecule has 0 saturated carbocycles. The predicted octanol–water partition coefficient (Wildman–Crippen LogP) is 4.87. The number of rotatable bonds is 9. The molecule has 2 aromatic rings. The molecule has 0 aliphatic heterocycles.